The molecule has 3 nitrogen and oxygen atoms in total. The van der Waals surface area contributed by atoms with E-state index in [4.69, 9.17) is 4.74 Å². The van der Waals surface area contributed by atoms with Gasteiger partial charge in [0.1, 0.15) is 11.9 Å². The Balaban J connectivity index is 1.56. The van der Waals surface area contributed by atoms with Crippen LogP contribution in [-0.2, 0) is 14.3 Å². The van der Waals surface area contributed by atoms with Crippen LogP contribution >= 0.6 is 0 Å². The zero-order valence-corrected chi connectivity index (χ0v) is 23.3. The van der Waals surface area contributed by atoms with E-state index in [1.807, 2.05) is 19.4 Å². The van der Waals surface area contributed by atoms with Crippen LogP contribution in [0.15, 0.2) is 11.1 Å². The molecule has 4 aliphatic carbocycles. The van der Waals surface area contributed by atoms with E-state index in [0.29, 0.717) is 23.0 Å². The van der Waals surface area contributed by atoms with Gasteiger partial charge in [0.25, 0.3) is 0 Å². The van der Waals surface area contributed by atoms with Gasteiger partial charge in [0.2, 0.25) is 0 Å². The van der Waals surface area contributed by atoms with E-state index in [2.05, 4.69) is 34.6 Å². The summed E-state index contributed by atoms with van der Waals surface area (Å²) in [7, 11) is 0. The molecule has 0 N–H and O–H groups in total. The molecule has 3 heteroatoms. The quantitative estimate of drug-likeness (QED) is 0.292. The second-order valence-corrected chi connectivity index (χ2v) is 13.8. The van der Waals surface area contributed by atoms with Gasteiger partial charge in [0.05, 0.1) is 0 Å². The monoisotopic (exact) mass is 470 g/mol. The van der Waals surface area contributed by atoms with Crippen LogP contribution in [0.3, 0.4) is 0 Å². The summed E-state index contributed by atoms with van der Waals surface area (Å²) in [5, 5.41) is 0. The highest BCUT2D eigenvalue weighted by atomic mass is 16.5. The predicted molar refractivity (Wildman–Crippen MR) is 138 cm³/mol. The lowest BCUT2D eigenvalue weighted by atomic mass is 9.45. The predicted octanol–water partition coefficient (Wildman–Crippen LogP) is 7.92. The van der Waals surface area contributed by atoms with E-state index >= 15 is 0 Å². The molecule has 0 spiro atoms. The Morgan fingerprint density at radius 3 is 2.32 bits per heavy atom. The second-order valence-electron chi connectivity index (χ2n) is 13.8. The first-order valence-electron chi connectivity index (χ1n) is 14.2. The minimum atomic E-state index is -0.132. The normalized spacial score (nSPS) is 39.8. The van der Waals surface area contributed by atoms with Gasteiger partial charge in [-0.15, -0.1) is 0 Å². The molecule has 2 saturated carbocycles. The van der Waals surface area contributed by atoms with Crippen molar-refractivity contribution in [3.05, 3.63) is 11.1 Å². The third kappa shape index (κ3) is 4.11. The van der Waals surface area contributed by atoms with E-state index < -0.39 is 0 Å². The Kier molecular flexibility index (Phi) is 6.93. The van der Waals surface area contributed by atoms with Crippen molar-refractivity contribution in [3.63, 3.8) is 0 Å². The number of esters is 1. The van der Waals surface area contributed by atoms with Crippen molar-refractivity contribution in [2.24, 2.45) is 45.8 Å². The first-order chi connectivity index (χ1) is 15.8. The van der Waals surface area contributed by atoms with E-state index in [1.165, 1.54) is 38.5 Å². The van der Waals surface area contributed by atoms with E-state index in [-0.39, 0.29) is 28.8 Å². The first kappa shape index (κ1) is 26.0. The van der Waals surface area contributed by atoms with Crippen molar-refractivity contribution in [3.8, 4) is 0 Å². The maximum absolute atomic E-state index is 12.3. The third-order valence-electron chi connectivity index (χ3n) is 11.4. The Bertz CT molecular complexity index is 851. The summed E-state index contributed by atoms with van der Waals surface area (Å²) in [5.41, 5.74) is 4.29. The number of carbonyl (C=O) groups is 2. The van der Waals surface area contributed by atoms with Gasteiger partial charge >= 0.3 is 5.97 Å². The molecule has 0 bridgehead atoms. The first-order valence-corrected chi connectivity index (χ1v) is 14.2. The number of ketones is 1. The number of rotatable bonds is 6. The SMILES string of the molecule is CC(=O)O[C@H]1CC[C@]2(C)C3=C(CC[C@H]2C1(C)C)[C@@H]1CC[C@H]([C@@H](C)CCC(=O)C(C)C)[C@@]1(C)CC3. The number of allylic oxidation sites excluding steroid dienone is 2. The smallest absolute Gasteiger partial charge is 0.302 e. The van der Waals surface area contributed by atoms with Gasteiger partial charge in [0.15, 0.2) is 0 Å². The summed E-state index contributed by atoms with van der Waals surface area (Å²) in [5.74, 6) is 3.15. The molecule has 0 aliphatic heterocycles. The standard InChI is InChI=1S/C31H50O3/c1-19(2)26(33)13-9-20(3)23-11-12-24-22-10-14-27-29(5,6)28(34-21(4)32)16-18-31(27,8)25(22)15-17-30(23,24)7/h19-20,23-24,27-28H,9-18H2,1-8H3/t20-,23+,24-,27-,28-,30+,31+/m0/s1. The van der Waals surface area contributed by atoms with Crippen molar-refractivity contribution in [1.29, 1.82) is 0 Å². The summed E-state index contributed by atoms with van der Waals surface area (Å²) in [6.07, 6.45) is 11.7. The van der Waals surface area contributed by atoms with E-state index in [0.717, 1.165) is 37.5 Å². The molecule has 0 aromatic rings. The molecule has 4 rings (SSSR count). The fraction of sp³-hybridized carbons (Fsp3) is 0.871. The average Bonchev–Trinajstić information content (AvgIpc) is 3.11. The molecule has 192 valence electrons. The summed E-state index contributed by atoms with van der Waals surface area (Å²) in [6.45, 7) is 17.9. The van der Waals surface area contributed by atoms with Gasteiger partial charge in [0, 0.05) is 24.7 Å². The lowest BCUT2D eigenvalue weighted by Crippen LogP contribution is -2.54. The van der Waals surface area contributed by atoms with Gasteiger partial charge in [-0.25, -0.2) is 0 Å². The van der Waals surface area contributed by atoms with E-state index in [9.17, 15) is 9.59 Å². The van der Waals surface area contributed by atoms with E-state index in [1.54, 1.807) is 12.5 Å². The number of ether oxygens (including phenoxy) is 1. The van der Waals surface area contributed by atoms with Gasteiger partial charge in [-0.1, -0.05) is 59.6 Å². The van der Waals surface area contributed by atoms with Crippen molar-refractivity contribution >= 4 is 11.8 Å². The minimum Gasteiger partial charge on any atom is -0.462 e. The van der Waals surface area contributed by atoms with Crippen molar-refractivity contribution in [1.82, 2.24) is 0 Å². The molecule has 34 heavy (non-hydrogen) atoms. The lowest BCUT2D eigenvalue weighted by Gasteiger charge is -2.60. The summed E-state index contributed by atoms with van der Waals surface area (Å²) < 4.78 is 5.84. The lowest BCUT2D eigenvalue weighted by molar-refractivity contribution is -0.167. The molecule has 4 aliphatic rings. The van der Waals surface area contributed by atoms with Gasteiger partial charge in [-0.3, -0.25) is 9.59 Å². The third-order valence-corrected chi connectivity index (χ3v) is 11.4. The van der Waals surface area contributed by atoms with Gasteiger partial charge < -0.3 is 4.74 Å². The van der Waals surface area contributed by atoms with Crippen molar-refractivity contribution in [2.45, 2.75) is 126 Å². The maximum atomic E-state index is 12.3. The fourth-order valence-electron chi connectivity index (χ4n) is 9.52. The zero-order chi connectivity index (χ0) is 25.1. The molecule has 2 fully saturated rings. The number of carbonyl (C=O) groups excluding carboxylic acids is 2. The van der Waals surface area contributed by atoms with Gasteiger partial charge in [-0.05, 0) is 92.3 Å². The van der Waals surface area contributed by atoms with Gasteiger partial charge in [-0.2, -0.15) is 0 Å². The molecule has 0 unspecified atom stereocenters. The summed E-state index contributed by atoms with van der Waals surface area (Å²) in [4.78, 5) is 24.1. The highest BCUT2D eigenvalue weighted by molar-refractivity contribution is 5.80. The molecule has 0 amide bonds. The van der Waals surface area contributed by atoms with Crippen LogP contribution in [0, 0.1) is 45.8 Å². The molecular weight excluding hydrogens is 420 g/mol. The second kappa shape index (κ2) is 9.07. The molecule has 0 radical (unpaired) electrons. The highest BCUT2D eigenvalue weighted by Crippen LogP contribution is 2.68. The average molecular weight is 471 g/mol. The number of hydrogen-bond acceptors (Lipinski definition) is 3. The maximum Gasteiger partial charge on any atom is 0.302 e. The Labute approximate surface area is 208 Å². The van der Waals surface area contributed by atoms with Crippen LogP contribution < -0.4 is 0 Å². The molecular formula is C31H50O3. The van der Waals surface area contributed by atoms with Crippen LogP contribution in [0.5, 0.6) is 0 Å². The Hall–Kier alpha value is -1.12. The Morgan fingerprint density at radius 1 is 0.971 bits per heavy atom. The van der Waals surface area contributed by atoms with Crippen LogP contribution in [0.25, 0.3) is 0 Å². The molecule has 0 aromatic heterocycles. The highest BCUT2D eigenvalue weighted by Gasteiger charge is 2.59. The van der Waals surface area contributed by atoms with Crippen LogP contribution in [0.2, 0.25) is 0 Å². The number of hydrogen-bond donors (Lipinski definition) is 0. The largest absolute Gasteiger partial charge is 0.462 e. The summed E-state index contributed by atoms with van der Waals surface area (Å²) in [6, 6.07) is 0. The molecule has 0 heterocycles. The zero-order valence-electron chi connectivity index (χ0n) is 23.3. The minimum absolute atomic E-state index is 0.0215. The van der Waals surface area contributed by atoms with Crippen molar-refractivity contribution < 1.29 is 14.3 Å². The molecule has 0 aromatic carbocycles. The molecule has 0 saturated heterocycles. The molecule has 7 atom stereocenters. The van der Waals surface area contributed by atoms with Crippen LogP contribution in [0.4, 0.5) is 0 Å². The summed E-state index contributed by atoms with van der Waals surface area (Å²) >= 11 is 0. The van der Waals surface area contributed by atoms with Crippen molar-refractivity contribution in [2.75, 3.05) is 0 Å². The topological polar surface area (TPSA) is 43.4 Å². The fourth-order valence-corrected chi connectivity index (χ4v) is 9.52. The Morgan fingerprint density at radius 2 is 1.68 bits per heavy atom. The number of Topliss-reactive ketones (excluding diaryl/α,β-unsaturated/α-hetero) is 1. The number of fused-ring (bicyclic) bond motifs is 4. The van der Waals surface area contributed by atoms with Crippen LogP contribution in [0.1, 0.15) is 120 Å². The van der Waals surface area contributed by atoms with Crippen LogP contribution in [-0.4, -0.2) is 17.9 Å².